The molecule has 3 unspecified atom stereocenters. The van der Waals surface area contributed by atoms with Crippen LogP contribution in [0.5, 0.6) is 0 Å². The van der Waals surface area contributed by atoms with Crippen molar-refractivity contribution in [2.24, 2.45) is 5.92 Å². The highest BCUT2D eigenvalue weighted by atomic mass is 16.5. The number of aryl methyl sites for hydroxylation is 1. The highest BCUT2D eigenvalue weighted by Gasteiger charge is 2.32. The molecule has 1 aromatic rings. The average Bonchev–Trinajstić information content (AvgIpc) is 2.85. The van der Waals surface area contributed by atoms with E-state index in [1.54, 1.807) is 0 Å². The molecule has 4 heteroatoms. The lowest BCUT2D eigenvalue weighted by Crippen LogP contribution is -2.37. The molecule has 1 aliphatic heterocycles. The first-order valence-corrected chi connectivity index (χ1v) is 7.45. The van der Waals surface area contributed by atoms with Gasteiger partial charge in [-0.1, -0.05) is 6.07 Å². The number of amides is 1. The van der Waals surface area contributed by atoms with Crippen molar-refractivity contribution in [3.63, 3.8) is 0 Å². The van der Waals surface area contributed by atoms with Crippen molar-refractivity contribution in [1.82, 2.24) is 5.32 Å². The van der Waals surface area contributed by atoms with E-state index in [2.05, 4.69) is 11.4 Å². The third-order valence-corrected chi connectivity index (χ3v) is 4.51. The number of nitrogen functional groups attached to an aromatic ring is 1. The van der Waals surface area contributed by atoms with Gasteiger partial charge in [0, 0.05) is 12.3 Å². The van der Waals surface area contributed by atoms with Crippen molar-refractivity contribution in [2.75, 3.05) is 12.3 Å². The van der Waals surface area contributed by atoms with Crippen LogP contribution >= 0.6 is 0 Å². The van der Waals surface area contributed by atoms with Crippen LogP contribution in [0, 0.1) is 5.92 Å². The summed E-state index contributed by atoms with van der Waals surface area (Å²) in [7, 11) is 0. The third kappa shape index (κ3) is 2.52. The van der Waals surface area contributed by atoms with E-state index in [0.717, 1.165) is 31.4 Å². The molecule has 1 saturated heterocycles. The monoisotopic (exact) mass is 274 g/mol. The predicted molar refractivity (Wildman–Crippen MR) is 78.2 cm³/mol. The minimum atomic E-state index is -0.00541. The maximum atomic E-state index is 12.4. The number of nitrogens with two attached hydrogens (primary N) is 1. The van der Waals surface area contributed by atoms with E-state index in [1.165, 1.54) is 11.1 Å². The Morgan fingerprint density at radius 2 is 2.25 bits per heavy atom. The van der Waals surface area contributed by atoms with Crippen LogP contribution in [0.25, 0.3) is 0 Å². The molecule has 1 amide bonds. The van der Waals surface area contributed by atoms with Crippen molar-refractivity contribution in [1.29, 1.82) is 0 Å². The van der Waals surface area contributed by atoms with Crippen molar-refractivity contribution in [3.05, 3.63) is 29.3 Å². The Morgan fingerprint density at radius 1 is 1.40 bits per heavy atom. The number of hydrogen-bond acceptors (Lipinski definition) is 3. The highest BCUT2D eigenvalue weighted by molar-refractivity contribution is 5.80. The Balaban J connectivity index is 1.74. The van der Waals surface area contributed by atoms with Gasteiger partial charge < -0.3 is 15.8 Å². The zero-order chi connectivity index (χ0) is 14.1. The summed E-state index contributed by atoms with van der Waals surface area (Å²) in [5, 5.41) is 3.21. The summed E-state index contributed by atoms with van der Waals surface area (Å²) in [6.45, 7) is 2.67. The van der Waals surface area contributed by atoms with Gasteiger partial charge in [-0.2, -0.15) is 0 Å². The summed E-state index contributed by atoms with van der Waals surface area (Å²) in [6, 6.07) is 6.14. The molecule has 0 aromatic heterocycles. The second-order valence-corrected chi connectivity index (χ2v) is 5.88. The summed E-state index contributed by atoms with van der Waals surface area (Å²) in [5.74, 6) is 0.124. The number of carbonyl (C=O) groups excluding carboxylic acids is 1. The number of carbonyl (C=O) groups is 1. The van der Waals surface area contributed by atoms with Crippen molar-refractivity contribution in [3.8, 4) is 0 Å². The lowest BCUT2D eigenvalue weighted by Gasteiger charge is -2.28. The average molecular weight is 274 g/mol. The standard InChI is InChI=1S/C16H22N2O2/c1-10-13(7-8-20-10)16(19)18-15-4-2-3-11-9-12(17)5-6-14(11)15/h5-6,9-10,13,15H,2-4,7-8,17H2,1H3,(H,18,19). The molecule has 3 atom stereocenters. The second kappa shape index (κ2) is 5.44. The van der Waals surface area contributed by atoms with E-state index in [4.69, 9.17) is 10.5 Å². The molecule has 3 N–H and O–H groups in total. The Kier molecular flexibility index (Phi) is 3.66. The Bertz CT molecular complexity index is 515. The molecule has 1 aromatic carbocycles. The number of benzene rings is 1. The number of hydrogen-bond donors (Lipinski definition) is 2. The van der Waals surface area contributed by atoms with Gasteiger partial charge in [-0.3, -0.25) is 4.79 Å². The molecule has 108 valence electrons. The minimum absolute atomic E-state index is 0.00541. The van der Waals surface area contributed by atoms with Gasteiger partial charge in [0.05, 0.1) is 18.1 Å². The van der Waals surface area contributed by atoms with Crippen molar-refractivity contribution >= 4 is 11.6 Å². The maximum absolute atomic E-state index is 12.4. The highest BCUT2D eigenvalue weighted by Crippen LogP contribution is 2.32. The Labute approximate surface area is 119 Å². The lowest BCUT2D eigenvalue weighted by molar-refractivity contribution is -0.127. The molecule has 20 heavy (non-hydrogen) atoms. The summed E-state index contributed by atoms with van der Waals surface area (Å²) >= 11 is 0. The smallest absolute Gasteiger partial charge is 0.226 e. The lowest BCUT2D eigenvalue weighted by atomic mass is 9.87. The van der Waals surface area contributed by atoms with Gasteiger partial charge in [0.2, 0.25) is 5.91 Å². The first kappa shape index (κ1) is 13.4. The van der Waals surface area contributed by atoms with Gasteiger partial charge in [-0.25, -0.2) is 0 Å². The summed E-state index contributed by atoms with van der Waals surface area (Å²) in [4.78, 5) is 12.4. The minimum Gasteiger partial charge on any atom is -0.399 e. The van der Waals surface area contributed by atoms with E-state index >= 15 is 0 Å². The molecule has 1 fully saturated rings. The van der Waals surface area contributed by atoms with Gasteiger partial charge >= 0.3 is 0 Å². The van der Waals surface area contributed by atoms with Gasteiger partial charge in [0.25, 0.3) is 0 Å². The normalized spacial score (nSPS) is 28.9. The van der Waals surface area contributed by atoms with Gasteiger partial charge in [-0.05, 0) is 55.9 Å². The van der Waals surface area contributed by atoms with Crippen LogP contribution < -0.4 is 11.1 Å². The molecule has 0 spiro atoms. The van der Waals surface area contributed by atoms with Gasteiger partial charge in [0.15, 0.2) is 0 Å². The van der Waals surface area contributed by atoms with Gasteiger partial charge in [0.1, 0.15) is 0 Å². The molecule has 0 radical (unpaired) electrons. The maximum Gasteiger partial charge on any atom is 0.226 e. The summed E-state index contributed by atoms with van der Waals surface area (Å²) < 4.78 is 5.48. The fourth-order valence-corrected chi connectivity index (χ4v) is 3.34. The first-order valence-electron chi connectivity index (χ1n) is 7.45. The zero-order valence-corrected chi connectivity index (χ0v) is 11.9. The Morgan fingerprint density at radius 3 is 3.00 bits per heavy atom. The third-order valence-electron chi connectivity index (χ3n) is 4.51. The fourth-order valence-electron chi connectivity index (χ4n) is 3.34. The number of nitrogens with one attached hydrogen (secondary N) is 1. The molecular weight excluding hydrogens is 252 g/mol. The molecular formula is C16H22N2O2. The number of anilines is 1. The largest absolute Gasteiger partial charge is 0.399 e. The van der Waals surface area contributed by atoms with Crippen LogP contribution in [0.1, 0.15) is 43.4 Å². The summed E-state index contributed by atoms with van der Waals surface area (Å²) in [6.07, 6.45) is 4.01. The summed E-state index contributed by atoms with van der Waals surface area (Å²) in [5.41, 5.74) is 9.14. The molecule has 0 saturated carbocycles. The van der Waals surface area contributed by atoms with E-state index in [9.17, 15) is 4.79 Å². The predicted octanol–water partition coefficient (Wildman–Crippen LogP) is 2.19. The second-order valence-electron chi connectivity index (χ2n) is 5.88. The number of fused-ring (bicyclic) bond motifs is 1. The molecule has 2 aliphatic rings. The van der Waals surface area contributed by atoms with Crippen molar-refractivity contribution < 1.29 is 9.53 Å². The number of rotatable bonds is 2. The van der Waals surface area contributed by atoms with Crippen LogP contribution in [0.2, 0.25) is 0 Å². The first-order chi connectivity index (χ1) is 9.65. The van der Waals surface area contributed by atoms with Crippen LogP contribution in [-0.4, -0.2) is 18.6 Å². The molecule has 3 rings (SSSR count). The quantitative estimate of drug-likeness (QED) is 0.812. The fraction of sp³-hybridized carbons (Fsp3) is 0.562. The molecule has 1 aliphatic carbocycles. The van der Waals surface area contributed by atoms with Gasteiger partial charge in [-0.15, -0.1) is 0 Å². The molecule has 4 nitrogen and oxygen atoms in total. The SMILES string of the molecule is CC1OCCC1C(=O)NC1CCCc2cc(N)ccc21. The Hall–Kier alpha value is -1.55. The zero-order valence-electron chi connectivity index (χ0n) is 11.9. The van der Waals surface area contributed by atoms with Crippen LogP contribution in [0.4, 0.5) is 5.69 Å². The van der Waals surface area contributed by atoms with Crippen LogP contribution in [0.3, 0.4) is 0 Å². The van der Waals surface area contributed by atoms with Crippen LogP contribution in [0.15, 0.2) is 18.2 Å². The van der Waals surface area contributed by atoms with E-state index in [0.29, 0.717) is 6.61 Å². The van der Waals surface area contributed by atoms with Crippen LogP contribution in [-0.2, 0) is 16.0 Å². The van der Waals surface area contributed by atoms with E-state index < -0.39 is 0 Å². The molecule has 0 bridgehead atoms. The molecule has 1 heterocycles. The van der Waals surface area contributed by atoms with E-state index in [1.807, 2.05) is 19.1 Å². The number of ether oxygens (including phenoxy) is 1. The topological polar surface area (TPSA) is 64.3 Å². The van der Waals surface area contributed by atoms with E-state index in [-0.39, 0.29) is 24.0 Å². The van der Waals surface area contributed by atoms with Crippen molar-refractivity contribution in [2.45, 2.75) is 44.8 Å².